The highest BCUT2D eigenvalue weighted by molar-refractivity contribution is 6.04. The molecule has 0 bridgehead atoms. The van der Waals surface area contributed by atoms with Crippen LogP contribution in [-0.4, -0.2) is 10.9 Å². The number of hydrogen-bond donors (Lipinski definition) is 2. The van der Waals surface area contributed by atoms with Crippen molar-refractivity contribution >= 4 is 11.5 Å². The number of ketones is 1. The van der Waals surface area contributed by atoms with Gasteiger partial charge in [0.15, 0.2) is 5.78 Å². The minimum absolute atomic E-state index is 0.0719. The fourth-order valence-electron chi connectivity index (χ4n) is 1.97. The summed E-state index contributed by atoms with van der Waals surface area (Å²) >= 11 is 0. The van der Waals surface area contributed by atoms with E-state index in [1.54, 1.807) is 12.3 Å². The van der Waals surface area contributed by atoms with Crippen molar-refractivity contribution < 1.29 is 9.90 Å². The van der Waals surface area contributed by atoms with E-state index in [2.05, 4.69) is 12.2 Å². The number of carbonyl (C=O) groups is 1. The fourth-order valence-corrected chi connectivity index (χ4v) is 1.97. The van der Waals surface area contributed by atoms with Gasteiger partial charge in [-0.05, 0) is 36.6 Å². The standard InChI is InChI=1S/C18H19NO2/c1-3-14-5-7-15(8-6-14)17(20)10-11-19-16-12-13(2)4-9-18(16)21/h4-12,19,21H,3H2,1-2H3/b11-10+. The van der Waals surface area contributed by atoms with Crippen molar-refractivity contribution in [3.05, 3.63) is 71.4 Å². The SMILES string of the molecule is CCc1ccc(C(=O)/C=C/Nc2cc(C)ccc2O)cc1. The van der Waals surface area contributed by atoms with Gasteiger partial charge in [0.25, 0.3) is 0 Å². The third-order valence-corrected chi connectivity index (χ3v) is 3.27. The summed E-state index contributed by atoms with van der Waals surface area (Å²) in [6.45, 7) is 4.02. The van der Waals surface area contributed by atoms with E-state index >= 15 is 0 Å². The van der Waals surface area contributed by atoms with Crippen molar-refractivity contribution in [2.24, 2.45) is 0 Å². The Bertz CT molecular complexity index is 657. The van der Waals surface area contributed by atoms with E-state index in [1.165, 1.54) is 11.6 Å². The molecule has 2 aromatic rings. The van der Waals surface area contributed by atoms with E-state index in [-0.39, 0.29) is 11.5 Å². The lowest BCUT2D eigenvalue weighted by Crippen LogP contribution is -1.97. The Morgan fingerprint density at radius 2 is 1.90 bits per heavy atom. The van der Waals surface area contributed by atoms with Crippen molar-refractivity contribution in [3.8, 4) is 5.75 Å². The molecule has 0 fully saturated rings. The summed E-state index contributed by atoms with van der Waals surface area (Å²) in [5.41, 5.74) is 3.47. The van der Waals surface area contributed by atoms with Crippen LogP contribution in [-0.2, 0) is 6.42 Å². The van der Waals surface area contributed by atoms with Gasteiger partial charge in [-0.2, -0.15) is 0 Å². The molecule has 108 valence electrons. The van der Waals surface area contributed by atoms with Gasteiger partial charge in [-0.3, -0.25) is 4.79 Å². The first-order chi connectivity index (χ1) is 10.1. The van der Waals surface area contributed by atoms with Crippen LogP contribution in [0.15, 0.2) is 54.7 Å². The molecule has 0 atom stereocenters. The average molecular weight is 281 g/mol. The smallest absolute Gasteiger partial charge is 0.187 e. The van der Waals surface area contributed by atoms with E-state index in [0.29, 0.717) is 11.3 Å². The first kappa shape index (κ1) is 14.9. The summed E-state index contributed by atoms with van der Waals surface area (Å²) in [4.78, 5) is 12.0. The van der Waals surface area contributed by atoms with Crippen LogP contribution in [0.3, 0.4) is 0 Å². The van der Waals surface area contributed by atoms with Gasteiger partial charge >= 0.3 is 0 Å². The summed E-state index contributed by atoms with van der Waals surface area (Å²) < 4.78 is 0. The van der Waals surface area contributed by atoms with E-state index < -0.39 is 0 Å². The minimum atomic E-state index is -0.0719. The third kappa shape index (κ3) is 3.96. The largest absolute Gasteiger partial charge is 0.506 e. The van der Waals surface area contributed by atoms with Gasteiger partial charge in [-0.15, -0.1) is 0 Å². The predicted molar refractivity (Wildman–Crippen MR) is 85.8 cm³/mol. The Morgan fingerprint density at radius 3 is 2.57 bits per heavy atom. The topological polar surface area (TPSA) is 49.3 Å². The summed E-state index contributed by atoms with van der Waals surface area (Å²) in [5, 5.41) is 12.6. The summed E-state index contributed by atoms with van der Waals surface area (Å²) in [6.07, 6.45) is 3.96. The molecule has 0 aliphatic heterocycles. The number of aryl methyl sites for hydroxylation is 2. The van der Waals surface area contributed by atoms with E-state index in [1.807, 2.05) is 43.3 Å². The second-order valence-corrected chi connectivity index (χ2v) is 4.91. The highest BCUT2D eigenvalue weighted by Gasteiger charge is 2.02. The molecule has 0 spiro atoms. The van der Waals surface area contributed by atoms with Gasteiger partial charge in [-0.25, -0.2) is 0 Å². The molecule has 21 heavy (non-hydrogen) atoms. The van der Waals surface area contributed by atoms with Gasteiger partial charge in [0, 0.05) is 17.8 Å². The van der Waals surface area contributed by atoms with E-state index in [4.69, 9.17) is 0 Å². The Morgan fingerprint density at radius 1 is 1.19 bits per heavy atom. The van der Waals surface area contributed by atoms with Crippen LogP contribution in [0, 0.1) is 6.92 Å². The zero-order valence-corrected chi connectivity index (χ0v) is 12.3. The number of allylic oxidation sites excluding steroid dienone is 1. The van der Waals surface area contributed by atoms with Gasteiger partial charge in [0.1, 0.15) is 5.75 Å². The van der Waals surface area contributed by atoms with E-state index in [9.17, 15) is 9.90 Å². The molecule has 0 unspecified atom stereocenters. The molecule has 0 aromatic heterocycles. The number of phenols is 1. The molecule has 3 heteroatoms. The number of carbonyl (C=O) groups excluding carboxylic acids is 1. The van der Waals surface area contributed by atoms with Crippen molar-refractivity contribution in [3.63, 3.8) is 0 Å². The maximum absolute atomic E-state index is 12.0. The molecule has 0 radical (unpaired) electrons. The highest BCUT2D eigenvalue weighted by atomic mass is 16.3. The fraction of sp³-hybridized carbons (Fsp3) is 0.167. The summed E-state index contributed by atoms with van der Waals surface area (Å²) in [6, 6.07) is 12.8. The zero-order chi connectivity index (χ0) is 15.2. The lowest BCUT2D eigenvalue weighted by molar-refractivity contribution is 0.104. The van der Waals surface area contributed by atoms with Crippen LogP contribution >= 0.6 is 0 Å². The molecule has 2 rings (SSSR count). The first-order valence-electron chi connectivity index (χ1n) is 6.96. The van der Waals surface area contributed by atoms with Crippen LogP contribution in [0.25, 0.3) is 0 Å². The second kappa shape index (κ2) is 6.75. The lowest BCUT2D eigenvalue weighted by Gasteiger charge is -2.05. The molecule has 0 aliphatic rings. The van der Waals surface area contributed by atoms with Crippen molar-refractivity contribution in [1.82, 2.24) is 0 Å². The number of phenolic OH excluding ortho intramolecular Hbond substituents is 1. The number of hydrogen-bond acceptors (Lipinski definition) is 3. The minimum Gasteiger partial charge on any atom is -0.506 e. The lowest BCUT2D eigenvalue weighted by atomic mass is 10.1. The number of anilines is 1. The molecule has 3 nitrogen and oxygen atoms in total. The maximum atomic E-state index is 12.0. The number of rotatable bonds is 5. The monoisotopic (exact) mass is 281 g/mol. The molecule has 2 N–H and O–H groups in total. The second-order valence-electron chi connectivity index (χ2n) is 4.91. The van der Waals surface area contributed by atoms with Crippen LogP contribution in [0.4, 0.5) is 5.69 Å². The van der Waals surface area contributed by atoms with Crippen molar-refractivity contribution in [1.29, 1.82) is 0 Å². The van der Waals surface area contributed by atoms with Gasteiger partial charge in [0.05, 0.1) is 5.69 Å². The normalized spacial score (nSPS) is 10.8. The quantitative estimate of drug-likeness (QED) is 0.493. The molecular weight excluding hydrogens is 262 g/mol. The highest BCUT2D eigenvalue weighted by Crippen LogP contribution is 2.23. The number of nitrogens with one attached hydrogen (secondary N) is 1. The van der Waals surface area contributed by atoms with Gasteiger partial charge in [0.2, 0.25) is 0 Å². The van der Waals surface area contributed by atoms with Crippen molar-refractivity contribution in [2.45, 2.75) is 20.3 Å². The Balaban J connectivity index is 2.03. The Hall–Kier alpha value is -2.55. The molecule has 0 heterocycles. The van der Waals surface area contributed by atoms with E-state index in [0.717, 1.165) is 12.0 Å². The van der Waals surface area contributed by atoms with Gasteiger partial charge < -0.3 is 10.4 Å². The number of benzene rings is 2. The average Bonchev–Trinajstić information content (AvgIpc) is 2.50. The zero-order valence-electron chi connectivity index (χ0n) is 12.3. The molecule has 2 aromatic carbocycles. The number of aromatic hydroxyl groups is 1. The van der Waals surface area contributed by atoms with Crippen molar-refractivity contribution in [2.75, 3.05) is 5.32 Å². The van der Waals surface area contributed by atoms with Crippen LogP contribution < -0.4 is 5.32 Å². The molecule has 0 saturated carbocycles. The third-order valence-electron chi connectivity index (χ3n) is 3.27. The molecule has 0 amide bonds. The van der Waals surface area contributed by atoms with Crippen LogP contribution in [0.2, 0.25) is 0 Å². The molecule has 0 saturated heterocycles. The predicted octanol–water partition coefficient (Wildman–Crippen LogP) is 4.07. The maximum Gasteiger partial charge on any atom is 0.187 e. The molecule has 0 aliphatic carbocycles. The summed E-state index contributed by atoms with van der Waals surface area (Å²) in [7, 11) is 0. The van der Waals surface area contributed by atoms with Gasteiger partial charge in [-0.1, -0.05) is 37.3 Å². The van der Waals surface area contributed by atoms with Crippen LogP contribution in [0.1, 0.15) is 28.4 Å². The summed E-state index contributed by atoms with van der Waals surface area (Å²) in [5.74, 6) is 0.0855. The Labute approximate surface area is 124 Å². The molecular formula is C18H19NO2. The first-order valence-corrected chi connectivity index (χ1v) is 6.96. The van der Waals surface area contributed by atoms with Crippen LogP contribution in [0.5, 0.6) is 5.75 Å². The Kier molecular flexibility index (Phi) is 4.77.